The molecule has 4 heteroatoms. The predicted octanol–water partition coefficient (Wildman–Crippen LogP) is 4.14. The molecule has 1 N–H and O–H groups in total. The molecule has 1 rings (SSSR count). The summed E-state index contributed by atoms with van der Waals surface area (Å²) in [7, 11) is 1.67. The highest BCUT2D eigenvalue weighted by Crippen LogP contribution is 2.36. The minimum absolute atomic E-state index is 0.635. The zero-order valence-electron chi connectivity index (χ0n) is 12.1. The van der Waals surface area contributed by atoms with E-state index in [1.807, 2.05) is 19.1 Å². The Hall–Kier alpha value is -0.740. The Bertz CT molecular complexity index is 383. The molecule has 0 aliphatic carbocycles. The Labute approximate surface area is 124 Å². The van der Waals surface area contributed by atoms with Crippen molar-refractivity contribution in [2.45, 2.75) is 39.7 Å². The van der Waals surface area contributed by atoms with Crippen LogP contribution < -0.4 is 14.8 Å². The van der Waals surface area contributed by atoms with Gasteiger partial charge in [0, 0.05) is 16.6 Å². The van der Waals surface area contributed by atoms with Crippen molar-refractivity contribution in [1.29, 1.82) is 0 Å². The summed E-state index contributed by atoms with van der Waals surface area (Å²) in [6.45, 7) is 6.65. The average Bonchev–Trinajstić information content (AvgIpc) is 2.42. The van der Waals surface area contributed by atoms with Gasteiger partial charge in [0.25, 0.3) is 0 Å². The molecular weight excluding hydrogens is 306 g/mol. The Morgan fingerprint density at radius 2 is 2.00 bits per heavy atom. The van der Waals surface area contributed by atoms with E-state index < -0.39 is 0 Å². The normalized spacial score (nSPS) is 10.5. The molecule has 0 atom stereocenters. The van der Waals surface area contributed by atoms with E-state index in [2.05, 4.69) is 28.2 Å². The Balaban J connectivity index is 2.73. The van der Waals surface area contributed by atoms with Gasteiger partial charge in [-0.1, -0.05) is 35.7 Å². The highest BCUT2D eigenvalue weighted by molar-refractivity contribution is 9.10. The molecule has 0 radical (unpaired) electrons. The SMILES string of the molecule is CCCCCNCc1c(Br)ccc(OC)c1OCC. The first kappa shape index (κ1) is 16.3. The van der Waals surface area contributed by atoms with Crippen LogP contribution in [0.1, 0.15) is 38.7 Å². The van der Waals surface area contributed by atoms with Crippen molar-refractivity contribution >= 4 is 15.9 Å². The molecule has 0 saturated heterocycles. The molecule has 0 heterocycles. The Kier molecular flexibility index (Phi) is 7.91. The maximum Gasteiger partial charge on any atom is 0.166 e. The van der Waals surface area contributed by atoms with Crippen LogP contribution in [0.2, 0.25) is 0 Å². The number of rotatable bonds is 9. The van der Waals surface area contributed by atoms with Gasteiger partial charge in [0.2, 0.25) is 0 Å². The third-order valence-electron chi connectivity index (χ3n) is 2.93. The number of methoxy groups -OCH3 is 1. The number of nitrogens with one attached hydrogen (secondary N) is 1. The standard InChI is InChI=1S/C15H24BrNO2/c1-4-6-7-10-17-11-12-13(16)8-9-14(18-3)15(12)19-5-2/h8-9,17H,4-7,10-11H2,1-3H3. The second-order valence-corrected chi connectivity index (χ2v) is 5.23. The van der Waals surface area contributed by atoms with Crippen LogP contribution in [0.25, 0.3) is 0 Å². The van der Waals surface area contributed by atoms with Crippen molar-refractivity contribution < 1.29 is 9.47 Å². The summed E-state index contributed by atoms with van der Waals surface area (Å²) in [6, 6.07) is 3.93. The van der Waals surface area contributed by atoms with E-state index in [4.69, 9.17) is 9.47 Å². The third kappa shape index (κ3) is 5.03. The zero-order valence-corrected chi connectivity index (χ0v) is 13.7. The van der Waals surface area contributed by atoms with Crippen LogP contribution >= 0.6 is 15.9 Å². The molecule has 0 bridgehead atoms. The highest BCUT2D eigenvalue weighted by atomic mass is 79.9. The highest BCUT2D eigenvalue weighted by Gasteiger charge is 2.13. The van der Waals surface area contributed by atoms with E-state index >= 15 is 0 Å². The van der Waals surface area contributed by atoms with Gasteiger partial charge in [-0.3, -0.25) is 0 Å². The number of benzene rings is 1. The van der Waals surface area contributed by atoms with Gasteiger partial charge in [-0.25, -0.2) is 0 Å². The van der Waals surface area contributed by atoms with E-state index in [9.17, 15) is 0 Å². The van der Waals surface area contributed by atoms with Gasteiger partial charge in [-0.15, -0.1) is 0 Å². The molecule has 3 nitrogen and oxygen atoms in total. The predicted molar refractivity (Wildman–Crippen MR) is 83.1 cm³/mol. The van der Waals surface area contributed by atoms with Crippen molar-refractivity contribution in [3.63, 3.8) is 0 Å². The summed E-state index contributed by atoms with van der Waals surface area (Å²) >= 11 is 3.59. The number of ether oxygens (including phenoxy) is 2. The lowest BCUT2D eigenvalue weighted by Gasteiger charge is -2.16. The molecule has 0 aliphatic heterocycles. The van der Waals surface area contributed by atoms with Crippen molar-refractivity contribution in [3.8, 4) is 11.5 Å². The molecule has 0 spiro atoms. The smallest absolute Gasteiger partial charge is 0.166 e. The third-order valence-corrected chi connectivity index (χ3v) is 3.68. The molecule has 1 aromatic rings. The van der Waals surface area contributed by atoms with Gasteiger partial charge in [0.15, 0.2) is 11.5 Å². The van der Waals surface area contributed by atoms with Crippen LogP contribution in [-0.2, 0) is 6.54 Å². The van der Waals surface area contributed by atoms with Crippen LogP contribution in [-0.4, -0.2) is 20.3 Å². The van der Waals surface area contributed by atoms with Crippen LogP contribution in [0.5, 0.6) is 11.5 Å². The number of hydrogen-bond donors (Lipinski definition) is 1. The van der Waals surface area contributed by atoms with E-state index in [0.29, 0.717) is 6.61 Å². The van der Waals surface area contributed by atoms with E-state index in [1.165, 1.54) is 19.3 Å². The van der Waals surface area contributed by atoms with Gasteiger partial charge in [0.05, 0.1) is 13.7 Å². The molecule has 0 saturated carbocycles. The van der Waals surface area contributed by atoms with Crippen LogP contribution in [0.15, 0.2) is 16.6 Å². The Morgan fingerprint density at radius 3 is 2.63 bits per heavy atom. The second kappa shape index (κ2) is 9.21. The fourth-order valence-electron chi connectivity index (χ4n) is 1.92. The minimum Gasteiger partial charge on any atom is -0.493 e. The van der Waals surface area contributed by atoms with E-state index in [-0.39, 0.29) is 0 Å². The first-order valence-corrected chi connectivity index (χ1v) is 7.72. The molecule has 108 valence electrons. The zero-order chi connectivity index (χ0) is 14.1. The quantitative estimate of drug-likeness (QED) is 0.691. The molecule has 1 aromatic carbocycles. The van der Waals surface area contributed by atoms with Gasteiger partial charge >= 0.3 is 0 Å². The van der Waals surface area contributed by atoms with Crippen molar-refractivity contribution in [2.24, 2.45) is 0 Å². The molecule has 0 unspecified atom stereocenters. The molecule has 19 heavy (non-hydrogen) atoms. The fourth-order valence-corrected chi connectivity index (χ4v) is 2.38. The molecular formula is C15H24BrNO2. The van der Waals surface area contributed by atoms with Gasteiger partial charge in [-0.05, 0) is 32.0 Å². The van der Waals surface area contributed by atoms with E-state index in [0.717, 1.165) is 34.6 Å². The summed E-state index contributed by atoms with van der Waals surface area (Å²) in [6.07, 6.45) is 3.72. The minimum atomic E-state index is 0.635. The lowest BCUT2D eigenvalue weighted by Crippen LogP contribution is -2.16. The summed E-state index contributed by atoms with van der Waals surface area (Å²) in [5.74, 6) is 1.62. The van der Waals surface area contributed by atoms with Crippen LogP contribution in [0.4, 0.5) is 0 Å². The van der Waals surface area contributed by atoms with Gasteiger partial charge in [0.1, 0.15) is 0 Å². The molecule has 0 fully saturated rings. The number of halogens is 1. The van der Waals surface area contributed by atoms with Crippen LogP contribution in [0, 0.1) is 0 Å². The second-order valence-electron chi connectivity index (χ2n) is 4.37. The van der Waals surface area contributed by atoms with Crippen molar-refractivity contribution in [2.75, 3.05) is 20.3 Å². The maximum atomic E-state index is 5.72. The summed E-state index contributed by atoms with van der Waals surface area (Å²) in [5.41, 5.74) is 1.12. The Morgan fingerprint density at radius 1 is 1.21 bits per heavy atom. The molecule has 0 aromatic heterocycles. The first-order chi connectivity index (χ1) is 9.24. The lowest BCUT2D eigenvalue weighted by molar-refractivity contribution is 0.306. The monoisotopic (exact) mass is 329 g/mol. The van der Waals surface area contributed by atoms with Gasteiger partial charge < -0.3 is 14.8 Å². The van der Waals surface area contributed by atoms with Crippen molar-refractivity contribution in [3.05, 3.63) is 22.2 Å². The van der Waals surface area contributed by atoms with Crippen molar-refractivity contribution in [1.82, 2.24) is 5.32 Å². The van der Waals surface area contributed by atoms with E-state index in [1.54, 1.807) is 7.11 Å². The first-order valence-electron chi connectivity index (χ1n) is 6.93. The summed E-state index contributed by atoms with van der Waals surface area (Å²) in [5, 5.41) is 3.46. The average molecular weight is 330 g/mol. The lowest BCUT2D eigenvalue weighted by atomic mass is 10.1. The number of hydrogen-bond acceptors (Lipinski definition) is 3. The maximum absolute atomic E-state index is 5.72. The molecule has 0 aliphatic rings. The van der Waals surface area contributed by atoms with Crippen LogP contribution in [0.3, 0.4) is 0 Å². The topological polar surface area (TPSA) is 30.5 Å². The fraction of sp³-hybridized carbons (Fsp3) is 0.600. The molecule has 0 amide bonds. The summed E-state index contributed by atoms with van der Waals surface area (Å²) in [4.78, 5) is 0. The number of unbranched alkanes of at least 4 members (excludes halogenated alkanes) is 2. The van der Waals surface area contributed by atoms with Gasteiger partial charge in [-0.2, -0.15) is 0 Å². The largest absolute Gasteiger partial charge is 0.493 e. The summed E-state index contributed by atoms with van der Waals surface area (Å²) < 4.78 is 12.1.